The van der Waals surface area contributed by atoms with Gasteiger partial charge in [-0.25, -0.2) is 4.39 Å². The minimum Gasteiger partial charge on any atom is -0.618 e. The highest BCUT2D eigenvalue weighted by Gasteiger charge is 2.21. The largest absolute Gasteiger partial charge is 0.618 e. The summed E-state index contributed by atoms with van der Waals surface area (Å²) < 4.78 is 15.1. The molecule has 1 heterocycles. The van der Waals surface area contributed by atoms with E-state index in [2.05, 4.69) is 0 Å². The van der Waals surface area contributed by atoms with E-state index in [0.29, 0.717) is 37.8 Å². The molecule has 0 aliphatic heterocycles. The summed E-state index contributed by atoms with van der Waals surface area (Å²) in [6.45, 7) is 0. The topological polar surface area (TPSA) is 26.9 Å². The fraction of sp³-hybridized carbons (Fsp3) is 0. The molecule has 1 aromatic heterocycles. The Balaban J connectivity index is 2.10. The summed E-state index contributed by atoms with van der Waals surface area (Å²) in [5, 5.41) is 14.7. The van der Waals surface area contributed by atoms with Crippen LogP contribution in [0.3, 0.4) is 0 Å². The van der Waals surface area contributed by atoms with Crippen molar-refractivity contribution < 1.29 is 9.12 Å². The van der Waals surface area contributed by atoms with Crippen LogP contribution in [-0.2, 0) is 0 Å². The van der Waals surface area contributed by atoms with Crippen LogP contribution in [0.15, 0.2) is 72.9 Å². The quantitative estimate of drug-likeness (QED) is 0.296. The van der Waals surface area contributed by atoms with E-state index in [1.165, 1.54) is 12.3 Å². The van der Waals surface area contributed by atoms with Crippen molar-refractivity contribution in [2.45, 2.75) is 0 Å². The highest BCUT2D eigenvalue weighted by Crippen LogP contribution is 2.39. The first-order valence-electron chi connectivity index (χ1n) is 7.92. The van der Waals surface area contributed by atoms with E-state index in [1.807, 2.05) is 12.1 Å². The highest BCUT2D eigenvalue weighted by atomic mass is 35.5. The fourth-order valence-electron chi connectivity index (χ4n) is 3.17. The molecule has 128 valence electrons. The van der Waals surface area contributed by atoms with Gasteiger partial charge in [0.05, 0.1) is 21.0 Å². The molecule has 5 heteroatoms. The van der Waals surface area contributed by atoms with E-state index in [4.69, 9.17) is 23.2 Å². The molecule has 0 N–H and O–H groups in total. The average Bonchev–Trinajstić information content (AvgIpc) is 2.63. The van der Waals surface area contributed by atoms with Gasteiger partial charge in [0.1, 0.15) is 5.82 Å². The van der Waals surface area contributed by atoms with Crippen LogP contribution in [-0.4, -0.2) is 0 Å². The Kier molecular flexibility index (Phi) is 4.27. The monoisotopic (exact) mass is 383 g/mol. The van der Waals surface area contributed by atoms with Gasteiger partial charge in [-0.2, -0.15) is 4.73 Å². The van der Waals surface area contributed by atoms with E-state index >= 15 is 0 Å². The van der Waals surface area contributed by atoms with Crippen molar-refractivity contribution in [3.05, 3.63) is 94.0 Å². The predicted octanol–water partition coefficient (Wildman–Crippen LogP) is 6.25. The van der Waals surface area contributed by atoms with Crippen molar-refractivity contribution in [2.24, 2.45) is 0 Å². The molecule has 0 aliphatic carbocycles. The van der Waals surface area contributed by atoms with Crippen LogP contribution in [0.2, 0.25) is 10.0 Å². The molecule has 26 heavy (non-hydrogen) atoms. The number of hydrogen-bond donors (Lipinski definition) is 0. The number of rotatable bonds is 2. The molecule has 2 nitrogen and oxygen atoms in total. The van der Waals surface area contributed by atoms with Crippen molar-refractivity contribution in [3.8, 4) is 22.4 Å². The van der Waals surface area contributed by atoms with E-state index < -0.39 is 0 Å². The second kappa shape index (κ2) is 6.60. The lowest BCUT2D eigenvalue weighted by Crippen LogP contribution is -2.28. The number of benzene rings is 3. The molecule has 0 spiro atoms. The van der Waals surface area contributed by atoms with Gasteiger partial charge in [-0.1, -0.05) is 59.6 Å². The van der Waals surface area contributed by atoms with Gasteiger partial charge in [0, 0.05) is 17.0 Å². The standard InChI is InChI=1S/C21H12Cl2FNO/c22-17-8-4-9-18(23)20(17)21-16-7-3-6-13(14(16)11-12-25(21)26)15-5-1-2-10-19(15)24/h1-12H. The molecule has 4 rings (SSSR count). The Labute approximate surface area is 159 Å². The number of hydrogen-bond acceptors (Lipinski definition) is 1. The highest BCUT2D eigenvalue weighted by molar-refractivity contribution is 6.39. The summed E-state index contributed by atoms with van der Waals surface area (Å²) in [6.07, 6.45) is 1.39. The Morgan fingerprint density at radius 3 is 2.12 bits per heavy atom. The minimum atomic E-state index is -0.323. The van der Waals surface area contributed by atoms with Crippen molar-refractivity contribution in [2.75, 3.05) is 0 Å². The predicted molar refractivity (Wildman–Crippen MR) is 104 cm³/mol. The lowest BCUT2D eigenvalue weighted by molar-refractivity contribution is -0.592. The number of nitrogens with zero attached hydrogens (tertiary/aromatic N) is 1. The third kappa shape index (κ3) is 2.70. The average molecular weight is 384 g/mol. The molecule has 0 aliphatic rings. The second-order valence-corrected chi connectivity index (χ2v) is 6.65. The van der Waals surface area contributed by atoms with Crippen LogP contribution >= 0.6 is 23.2 Å². The van der Waals surface area contributed by atoms with Gasteiger partial charge in [-0.15, -0.1) is 0 Å². The third-order valence-corrected chi connectivity index (χ3v) is 4.95. The van der Waals surface area contributed by atoms with Crippen LogP contribution < -0.4 is 4.73 Å². The van der Waals surface area contributed by atoms with E-state index in [9.17, 15) is 9.60 Å². The molecule has 0 radical (unpaired) electrons. The molecule has 0 saturated heterocycles. The number of halogens is 3. The zero-order valence-electron chi connectivity index (χ0n) is 13.4. The molecule has 0 unspecified atom stereocenters. The normalized spacial score (nSPS) is 11.0. The number of aromatic nitrogens is 1. The van der Waals surface area contributed by atoms with Crippen molar-refractivity contribution in [1.29, 1.82) is 0 Å². The van der Waals surface area contributed by atoms with Gasteiger partial charge in [0.25, 0.3) is 0 Å². The Bertz CT molecular complexity index is 1120. The zero-order valence-corrected chi connectivity index (χ0v) is 14.9. The maximum Gasteiger partial charge on any atom is 0.234 e. The molecule has 0 amide bonds. The maximum absolute atomic E-state index is 14.3. The van der Waals surface area contributed by atoms with Gasteiger partial charge >= 0.3 is 0 Å². The molecule has 0 saturated carbocycles. The first-order valence-corrected chi connectivity index (χ1v) is 8.67. The molecule has 0 fully saturated rings. The molecule has 3 aromatic carbocycles. The van der Waals surface area contributed by atoms with Crippen LogP contribution in [0, 0.1) is 11.0 Å². The Hall–Kier alpha value is -2.62. The SMILES string of the molecule is [O-][n+]1ccc2c(-c3ccccc3F)cccc2c1-c1c(Cl)cccc1Cl. The Morgan fingerprint density at radius 2 is 1.38 bits per heavy atom. The summed E-state index contributed by atoms with van der Waals surface area (Å²) >= 11 is 12.6. The van der Waals surface area contributed by atoms with Crippen molar-refractivity contribution in [1.82, 2.24) is 0 Å². The van der Waals surface area contributed by atoms with Crippen molar-refractivity contribution in [3.63, 3.8) is 0 Å². The van der Waals surface area contributed by atoms with Crippen molar-refractivity contribution >= 4 is 34.0 Å². The zero-order chi connectivity index (χ0) is 18.3. The van der Waals surface area contributed by atoms with Crippen LogP contribution in [0.25, 0.3) is 33.2 Å². The van der Waals surface area contributed by atoms with Gasteiger partial charge in [0.15, 0.2) is 6.20 Å². The fourth-order valence-corrected chi connectivity index (χ4v) is 3.75. The molecular weight excluding hydrogens is 372 g/mol. The van der Waals surface area contributed by atoms with Gasteiger partial charge in [-0.05, 0) is 29.8 Å². The summed E-state index contributed by atoms with van der Waals surface area (Å²) in [6, 6.07) is 18.7. The van der Waals surface area contributed by atoms with Gasteiger partial charge in [0.2, 0.25) is 5.69 Å². The molecule has 0 atom stereocenters. The third-order valence-electron chi connectivity index (χ3n) is 4.32. The van der Waals surface area contributed by atoms with Crippen LogP contribution in [0.4, 0.5) is 4.39 Å². The summed E-state index contributed by atoms with van der Waals surface area (Å²) in [4.78, 5) is 0. The van der Waals surface area contributed by atoms with E-state index in [0.717, 1.165) is 10.1 Å². The summed E-state index contributed by atoms with van der Waals surface area (Å²) in [5.41, 5.74) is 1.97. The summed E-state index contributed by atoms with van der Waals surface area (Å²) in [7, 11) is 0. The maximum atomic E-state index is 14.3. The van der Waals surface area contributed by atoms with E-state index in [-0.39, 0.29) is 5.82 Å². The van der Waals surface area contributed by atoms with Crippen LogP contribution in [0.1, 0.15) is 0 Å². The first kappa shape index (κ1) is 16.8. The van der Waals surface area contributed by atoms with Crippen LogP contribution in [0.5, 0.6) is 0 Å². The lowest BCUT2D eigenvalue weighted by atomic mass is 9.96. The molecule has 4 aromatic rings. The second-order valence-electron chi connectivity index (χ2n) is 5.83. The minimum absolute atomic E-state index is 0.323. The smallest absolute Gasteiger partial charge is 0.234 e. The first-order chi connectivity index (χ1) is 12.6. The summed E-state index contributed by atoms with van der Waals surface area (Å²) in [5.74, 6) is -0.323. The number of pyridine rings is 1. The Morgan fingerprint density at radius 1 is 0.731 bits per heavy atom. The van der Waals surface area contributed by atoms with Gasteiger partial charge < -0.3 is 5.21 Å². The lowest BCUT2D eigenvalue weighted by Gasteiger charge is -2.13. The molecular formula is C21H12Cl2FNO. The van der Waals surface area contributed by atoms with E-state index in [1.54, 1.807) is 48.5 Å². The number of fused-ring (bicyclic) bond motifs is 1. The van der Waals surface area contributed by atoms with Gasteiger partial charge in [-0.3, -0.25) is 0 Å². The molecule has 0 bridgehead atoms.